The van der Waals surface area contributed by atoms with Crippen molar-refractivity contribution in [3.05, 3.63) is 29.8 Å². The van der Waals surface area contributed by atoms with E-state index < -0.39 is 0 Å². The summed E-state index contributed by atoms with van der Waals surface area (Å²) < 4.78 is 11.0. The first-order valence-electron chi connectivity index (χ1n) is 6.03. The van der Waals surface area contributed by atoms with E-state index in [1.54, 1.807) is 14.0 Å². The molecule has 3 heteroatoms. The number of benzene rings is 1. The third kappa shape index (κ3) is 4.24. The first kappa shape index (κ1) is 14.3. The fraction of sp³-hybridized carbons (Fsp3) is 0.400. The molecule has 0 saturated carbocycles. The topological polar surface area (TPSA) is 35.5 Å². The SMILES string of the molecule is CC=Cc1ccc(OC(C)CC(C)=O)c(OC)c1. The van der Waals surface area contributed by atoms with E-state index in [0.29, 0.717) is 17.9 Å². The van der Waals surface area contributed by atoms with Crippen LogP contribution in [0.15, 0.2) is 24.3 Å². The first-order valence-corrected chi connectivity index (χ1v) is 6.03. The number of methoxy groups -OCH3 is 1. The number of allylic oxidation sites excluding steroid dienone is 1. The molecule has 0 amide bonds. The van der Waals surface area contributed by atoms with Gasteiger partial charge in [-0.15, -0.1) is 0 Å². The van der Waals surface area contributed by atoms with Crippen molar-refractivity contribution in [3.8, 4) is 11.5 Å². The molecule has 1 rings (SSSR count). The summed E-state index contributed by atoms with van der Waals surface area (Å²) >= 11 is 0. The number of ketones is 1. The molecule has 0 heterocycles. The van der Waals surface area contributed by atoms with E-state index in [1.807, 2.05) is 44.2 Å². The largest absolute Gasteiger partial charge is 0.493 e. The summed E-state index contributed by atoms with van der Waals surface area (Å²) in [6, 6.07) is 5.74. The highest BCUT2D eigenvalue weighted by atomic mass is 16.5. The quantitative estimate of drug-likeness (QED) is 0.773. The van der Waals surface area contributed by atoms with Crippen LogP contribution in [0.5, 0.6) is 11.5 Å². The van der Waals surface area contributed by atoms with Gasteiger partial charge in [-0.3, -0.25) is 4.79 Å². The summed E-state index contributed by atoms with van der Waals surface area (Å²) in [6.45, 7) is 5.40. The van der Waals surface area contributed by atoms with E-state index >= 15 is 0 Å². The minimum atomic E-state index is -0.149. The summed E-state index contributed by atoms with van der Waals surface area (Å²) in [7, 11) is 1.61. The lowest BCUT2D eigenvalue weighted by Crippen LogP contribution is -2.15. The van der Waals surface area contributed by atoms with Gasteiger partial charge in [0, 0.05) is 6.42 Å². The highest BCUT2D eigenvalue weighted by Crippen LogP contribution is 2.29. The maximum absolute atomic E-state index is 11.0. The Hall–Kier alpha value is -1.77. The molecule has 1 aromatic rings. The number of rotatable bonds is 6. The van der Waals surface area contributed by atoms with Crippen molar-refractivity contribution in [1.29, 1.82) is 0 Å². The predicted octanol–water partition coefficient (Wildman–Crippen LogP) is 3.47. The van der Waals surface area contributed by atoms with Crippen LogP contribution in [0.1, 0.15) is 32.8 Å². The normalized spacial score (nSPS) is 12.4. The monoisotopic (exact) mass is 248 g/mol. The van der Waals surface area contributed by atoms with Gasteiger partial charge in [-0.25, -0.2) is 0 Å². The van der Waals surface area contributed by atoms with Gasteiger partial charge < -0.3 is 9.47 Å². The van der Waals surface area contributed by atoms with Gasteiger partial charge >= 0.3 is 0 Å². The Bertz CT molecular complexity index is 435. The zero-order valence-electron chi connectivity index (χ0n) is 11.4. The van der Waals surface area contributed by atoms with Crippen molar-refractivity contribution < 1.29 is 14.3 Å². The van der Waals surface area contributed by atoms with Crippen molar-refractivity contribution in [2.75, 3.05) is 7.11 Å². The molecule has 1 unspecified atom stereocenters. The van der Waals surface area contributed by atoms with Crippen molar-refractivity contribution >= 4 is 11.9 Å². The summed E-state index contributed by atoms with van der Waals surface area (Å²) in [6.07, 6.45) is 4.21. The zero-order valence-corrected chi connectivity index (χ0v) is 11.4. The van der Waals surface area contributed by atoms with Gasteiger partial charge in [-0.05, 0) is 38.5 Å². The summed E-state index contributed by atoms with van der Waals surface area (Å²) in [5.41, 5.74) is 1.06. The number of carbonyl (C=O) groups is 1. The van der Waals surface area contributed by atoms with E-state index in [2.05, 4.69) is 0 Å². The molecule has 0 aliphatic carbocycles. The van der Waals surface area contributed by atoms with E-state index in [0.717, 1.165) is 5.56 Å². The molecule has 98 valence electrons. The van der Waals surface area contributed by atoms with Crippen molar-refractivity contribution in [3.63, 3.8) is 0 Å². The fourth-order valence-corrected chi connectivity index (χ4v) is 1.74. The molecule has 1 atom stereocenters. The molecule has 0 saturated heterocycles. The molecule has 0 aliphatic heterocycles. The van der Waals surface area contributed by atoms with E-state index in [9.17, 15) is 4.79 Å². The van der Waals surface area contributed by atoms with E-state index in [1.165, 1.54) is 0 Å². The number of carbonyl (C=O) groups excluding carboxylic acids is 1. The van der Waals surface area contributed by atoms with Crippen molar-refractivity contribution in [1.82, 2.24) is 0 Å². The second-order valence-electron chi connectivity index (χ2n) is 4.24. The maximum atomic E-state index is 11.0. The van der Waals surface area contributed by atoms with Crippen LogP contribution < -0.4 is 9.47 Å². The van der Waals surface area contributed by atoms with Crippen LogP contribution in [0.4, 0.5) is 0 Å². The Morgan fingerprint density at radius 3 is 2.67 bits per heavy atom. The maximum Gasteiger partial charge on any atom is 0.161 e. The van der Waals surface area contributed by atoms with Gasteiger partial charge in [-0.2, -0.15) is 0 Å². The molecule has 0 N–H and O–H groups in total. The second-order valence-corrected chi connectivity index (χ2v) is 4.24. The fourth-order valence-electron chi connectivity index (χ4n) is 1.74. The van der Waals surface area contributed by atoms with Crippen LogP contribution in [0, 0.1) is 0 Å². The molecule has 0 aromatic heterocycles. The number of ether oxygens (including phenoxy) is 2. The van der Waals surface area contributed by atoms with Crippen molar-refractivity contribution in [2.24, 2.45) is 0 Å². The Morgan fingerprint density at radius 1 is 1.39 bits per heavy atom. The van der Waals surface area contributed by atoms with Crippen molar-refractivity contribution in [2.45, 2.75) is 33.3 Å². The zero-order chi connectivity index (χ0) is 13.5. The highest BCUT2D eigenvalue weighted by molar-refractivity contribution is 5.76. The third-order valence-electron chi connectivity index (χ3n) is 2.45. The lowest BCUT2D eigenvalue weighted by Gasteiger charge is -2.16. The smallest absolute Gasteiger partial charge is 0.161 e. The molecule has 0 aliphatic rings. The van der Waals surface area contributed by atoms with Gasteiger partial charge in [0.2, 0.25) is 0 Å². The first-order chi connectivity index (χ1) is 8.56. The molecule has 0 spiro atoms. The lowest BCUT2D eigenvalue weighted by atomic mass is 10.2. The Kier molecular flexibility index (Phi) is 5.43. The van der Waals surface area contributed by atoms with Gasteiger partial charge in [0.1, 0.15) is 11.9 Å². The highest BCUT2D eigenvalue weighted by Gasteiger charge is 2.11. The predicted molar refractivity (Wildman–Crippen MR) is 73.1 cm³/mol. The molecule has 0 radical (unpaired) electrons. The van der Waals surface area contributed by atoms with Crippen LogP contribution in [-0.4, -0.2) is 19.0 Å². The van der Waals surface area contributed by atoms with Crippen LogP contribution >= 0.6 is 0 Å². The number of hydrogen-bond donors (Lipinski definition) is 0. The molecule has 1 aromatic carbocycles. The molecular weight excluding hydrogens is 228 g/mol. The minimum absolute atomic E-state index is 0.118. The molecule has 0 fully saturated rings. The van der Waals surface area contributed by atoms with E-state index in [-0.39, 0.29) is 11.9 Å². The summed E-state index contributed by atoms with van der Waals surface area (Å²) in [5.74, 6) is 1.47. The number of hydrogen-bond acceptors (Lipinski definition) is 3. The van der Waals surface area contributed by atoms with Crippen LogP contribution in [0.25, 0.3) is 6.08 Å². The molecular formula is C15H20O3. The average molecular weight is 248 g/mol. The average Bonchev–Trinajstić information content (AvgIpc) is 2.30. The van der Waals surface area contributed by atoms with Gasteiger partial charge in [0.05, 0.1) is 7.11 Å². The third-order valence-corrected chi connectivity index (χ3v) is 2.45. The minimum Gasteiger partial charge on any atom is -0.493 e. The Morgan fingerprint density at radius 2 is 2.11 bits per heavy atom. The van der Waals surface area contributed by atoms with Crippen LogP contribution in [0.2, 0.25) is 0 Å². The van der Waals surface area contributed by atoms with Crippen LogP contribution in [-0.2, 0) is 4.79 Å². The second kappa shape index (κ2) is 6.84. The standard InChI is InChI=1S/C15H20O3/c1-5-6-13-7-8-14(15(10-13)17-4)18-12(3)9-11(2)16/h5-8,10,12H,9H2,1-4H3. The van der Waals surface area contributed by atoms with Gasteiger partial charge in [0.15, 0.2) is 11.5 Å². The Labute approximate surface area is 108 Å². The molecule has 18 heavy (non-hydrogen) atoms. The number of Topliss-reactive ketones (excluding diaryl/α,β-unsaturated/α-hetero) is 1. The lowest BCUT2D eigenvalue weighted by molar-refractivity contribution is -0.118. The summed E-state index contributed by atoms with van der Waals surface area (Å²) in [5, 5.41) is 0. The van der Waals surface area contributed by atoms with Gasteiger partial charge in [0.25, 0.3) is 0 Å². The summed E-state index contributed by atoms with van der Waals surface area (Å²) in [4.78, 5) is 11.0. The van der Waals surface area contributed by atoms with E-state index in [4.69, 9.17) is 9.47 Å². The Balaban J connectivity index is 2.85. The van der Waals surface area contributed by atoms with Crippen LogP contribution in [0.3, 0.4) is 0 Å². The molecule has 0 bridgehead atoms. The van der Waals surface area contributed by atoms with Gasteiger partial charge in [-0.1, -0.05) is 18.2 Å². The molecule has 3 nitrogen and oxygen atoms in total.